The minimum Gasteiger partial charge on any atom is -0.426 e. The molecule has 2 aliphatic carbocycles. The molecule has 4 rings (SSSR count). The average Bonchev–Trinajstić information content (AvgIpc) is 2.62. The summed E-state index contributed by atoms with van der Waals surface area (Å²) in [6.07, 6.45) is 0. The largest absolute Gasteiger partial charge is 0.426 e. The molecule has 0 fully saturated rings. The Balaban J connectivity index is 0.000000180. The van der Waals surface area contributed by atoms with E-state index in [2.05, 4.69) is 18.4 Å². The zero-order chi connectivity index (χ0) is 19.6. The van der Waals surface area contributed by atoms with E-state index in [-0.39, 0.29) is 5.78 Å². The van der Waals surface area contributed by atoms with Gasteiger partial charge < -0.3 is 9.42 Å². The Kier molecular flexibility index (Phi) is 5.59. The van der Waals surface area contributed by atoms with E-state index in [0.717, 1.165) is 22.3 Å². The molecule has 0 bridgehead atoms. The van der Waals surface area contributed by atoms with Crippen LogP contribution in [0.25, 0.3) is 11.1 Å². The summed E-state index contributed by atoms with van der Waals surface area (Å²) >= 11 is 0. The lowest BCUT2D eigenvalue weighted by Gasteiger charge is -2.21. The number of rotatable bonds is 4. The highest BCUT2D eigenvalue weighted by atomic mass is 31.1. The first kappa shape index (κ1) is 19.1. The molecule has 4 nitrogen and oxygen atoms in total. The van der Waals surface area contributed by atoms with Gasteiger partial charge in [-0.15, -0.1) is 0 Å². The maximum Gasteiger partial charge on any atom is 0.365 e. The number of ketones is 1. The molecule has 0 saturated carbocycles. The monoisotopic (exact) mass is 380 g/mol. The second kappa shape index (κ2) is 7.91. The third kappa shape index (κ3) is 4.02. The first-order valence-corrected chi connectivity index (χ1v) is 9.86. The van der Waals surface area contributed by atoms with Crippen molar-refractivity contribution < 1.29 is 18.8 Å². The number of hydrogen-bond acceptors (Lipinski definition) is 3. The van der Waals surface area contributed by atoms with Crippen LogP contribution in [0.5, 0.6) is 5.75 Å². The van der Waals surface area contributed by atoms with Crippen molar-refractivity contribution in [3.05, 3.63) is 88.5 Å². The SMILES string of the molecule is Cc1ccc(C(=O)c2cc3ccc2-3)c(C)c1C.O=[PH](O)Oc1ccccc1. The Labute approximate surface area is 159 Å². The van der Waals surface area contributed by atoms with Crippen molar-refractivity contribution in [2.24, 2.45) is 0 Å². The predicted molar refractivity (Wildman–Crippen MR) is 108 cm³/mol. The Morgan fingerprint density at radius 1 is 0.889 bits per heavy atom. The van der Waals surface area contributed by atoms with Gasteiger partial charge in [-0.05, 0) is 66.8 Å². The molecule has 2 aromatic carbocycles. The van der Waals surface area contributed by atoms with Crippen molar-refractivity contribution in [2.45, 2.75) is 20.8 Å². The fourth-order valence-electron chi connectivity index (χ4n) is 2.91. The maximum atomic E-state index is 12.4. The first-order chi connectivity index (χ1) is 12.9. The van der Waals surface area contributed by atoms with Gasteiger partial charge in [0.05, 0.1) is 0 Å². The second-order valence-electron chi connectivity index (χ2n) is 6.45. The van der Waals surface area contributed by atoms with E-state index >= 15 is 0 Å². The lowest BCUT2D eigenvalue weighted by Crippen LogP contribution is -2.11. The molecule has 1 atom stereocenters. The third-order valence-electron chi connectivity index (χ3n) is 4.83. The summed E-state index contributed by atoms with van der Waals surface area (Å²) in [5.74, 6) is 0.586. The second-order valence-corrected chi connectivity index (χ2v) is 7.19. The van der Waals surface area contributed by atoms with E-state index in [4.69, 9.17) is 4.89 Å². The molecule has 27 heavy (non-hydrogen) atoms. The van der Waals surface area contributed by atoms with Crippen molar-refractivity contribution >= 4 is 14.0 Å². The molecule has 138 valence electrons. The van der Waals surface area contributed by atoms with Crippen molar-refractivity contribution in [3.8, 4) is 16.9 Å². The molecular formula is C22H21O4P. The highest BCUT2D eigenvalue weighted by Crippen LogP contribution is 2.38. The van der Waals surface area contributed by atoms with Crippen molar-refractivity contribution in [2.75, 3.05) is 0 Å². The molecule has 0 amide bonds. The Hall–Kier alpha value is -2.68. The summed E-state index contributed by atoms with van der Waals surface area (Å²) in [6.45, 7) is 6.18. The van der Waals surface area contributed by atoms with E-state index in [1.807, 2.05) is 37.3 Å². The molecule has 0 aromatic heterocycles. The van der Waals surface area contributed by atoms with Gasteiger partial charge in [0.2, 0.25) is 0 Å². The number of fused-ring (bicyclic) bond motifs is 1. The van der Waals surface area contributed by atoms with Crippen molar-refractivity contribution in [1.82, 2.24) is 0 Å². The molecular weight excluding hydrogens is 359 g/mol. The van der Waals surface area contributed by atoms with Crippen LogP contribution in [-0.2, 0) is 4.57 Å². The highest BCUT2D eigenvalue weighted by molar-refractivity contribution is 7.32. The van der Waals surface area contributed by atoms with Crippen LogP contribution < -0.4 is 4.52 Å². The van der Waals surface area contributed by atoms with Crippen LogP contribution >= 0.6 is 8.25 Å². The van der Waals surface area contributed by atoms with Gasteiger partial charge in [-0.1, -0.05) is 42.5 Å². The van der Waals surface area contributed by atoms with Gasteiger partial charge in [0.25, 0.3) is 0 Å². The molecule has 2 aliphatic rings. The minimum absolute atomic E-state index is 0.161. The molecule has 0 aliphatic heterocycles. The molecule has 0 spiro atoms. The summed E-state index contributed by atoms with van der Waals surface area (Å²) in [6, 6.07) is 18.5. The van der Waals surface area contributed by atoms with Gasteiger partial charge in [0.1, 0.15) is 5.75 Å². The summed E-state index contributed by atoms with van der Waals surface area (Å²) in [5, 5.41) is 0. The van der Waals surface area contributed by atoms with Crippen LogP contribution in [0.4, 0.5) is 0 Å². The van der Waals surface area contributed by atoms with Crippen LogP contribution in [0, 0.1) is 20.8 Å². The van der Waals surface area contributed by atoms with Gasteiger partial charge in [-0.3, -0.25) is 4.79 Å². The van der Waals surface area contributed by atoms with E-state index < -0.39 is 8.25 Å². The molecule has 0 radical (unpaired) electrons. The van der Waals surface area contributed by atoms with Crippen LogP contribution in [0.3, 0.4) is 0 Å². The standard InChI is InChI=1S/C16H14O.C6H7O3P/c1-9-4-6-13(11(3)10(9)2)16(17)15-8-12-5-7-14(12)15;7-10(8)9-6-4-2-1-3-5-6/h4-8H,1-3H3;1-5,10H,(H,7,8). The van der Waals surface area contributed by atoms with E-state index in [9.17, 15) is 9.36 Å². The summed E-state index contributed by atoms with van der Waals surface area (Å²) < 4.78 is 14.6. The molecule has 5 heteroatoms. The number of carbonyl (C=O) groups is 1. The Bertz CT molecular complexity index is 1030. The molecule has 0 saturated heterocycles. The van der Waals surface area contributed by atoms with Crippen LogP contribution in [0.1, 0.15) is 32.6 Å². The zero-order valence-electron chi connectivity index (χ0n) is 15.4. The molecule has 2 aromatic rings. The molecule has 1 N–H and O–H groups in total. The van der Waals surface area contributed by atoms with Gasteiger partial charge in [-0.25, -0.2) is 4.57 Å². The number of aryl methyl sites for hydroxylation is 1. The summed E-state index contributed by atoms with van der Waals surface area (Å²) in [4.78, 5) is 20.7. The van der Waals surface area contributed by atoms with E-state index in [0.29, 0.717) is 5.75 Å². The third-order valence-corrected chi connectivity index (χ3v) is 5.24. The number of para-hydroxylation sites is 1. The first-order valence-electron chi connectivity index (χ1n) is 8.60. The smallest absolute Gasteiger partial charge is 0.365 e. The zero-order valence-corrected chi connectivity index (χ0v) is 16.4. The van der Waals surface area contributed by atoms with E-state index in [1.165, 1.54) is 16.7 Å². The Morgan fingerprint density at radius 2 is 1.59 bits per heavy atom. The van der Waals surface area contributed by atoms with Crippen molar-refractivity contribution in [1.29, 1.82) is 0 Å². The average molecular weight is 380 g/mol. The number of hydrogen-bond donors (Lipinski definition) is 1. The lowest BCUT2D eigenvalue weighted by atomic mass is 9.81. The fraction of sp³-hybridized carbons (Fsp3) is 0.136. The highest BCUT2D eigenvalue weighted by Gasteiger charge is 2.24. The number of benzene rings is 3. The summed E-state index contributed by atoms with van der Waals surface area (Å²) in [7, 11) is -2.84. The van der Waals surface area contributed by atoms with Crippen LogP contribution in [-0.4, -0.2) is 10.7 Å². The van der Waals surface area contributed by atoms with Crippen molar-refractivity contribution in [3.63, 3.8) is 0 Å². The predicted octanol–water partition coefficient (Wildman–Crippen LogP) is 5.27. The number of carbonyl (C=O) groups excluding carboxylic acids is 1. The Morgan fingerprint density at radius 3 is 2.11 bits per heavy atom. The molecule has 1 unspecified atom stereocenters. The summed E-state index contributed by atoms with van der Waals surface area (Å²) in [5.41, 5.74) is 7.62. The van der Waals surface area contributed by atoms with E-state index in [1.54, 1.807) is 30.3 Å². The van der Waals surface area contributed by atoms with Gasteiger partial charge >= 0.3 is 8.25 Å². The van der Waals surface area contributed by atoms with Crippen LogP contribution in [0.2, 0.25) is 0 Å². The van der Waals surface area contributed by atoms with Gasteiger partial charge in [-0.2, -0.15) is 0 Å². The van der Waals surface area contributed by atoms with Crippen LogP contribution in [0.15, 0.2) is 60.7 Å². The van der Waals surface area contributed by atoms with Gasteiger partial charge in [0.15, 0.2) is 5.78 Å². The lowest BCUT2D eigenvalue weighted by molar-refractivity contribution is 0.103. The normalized spacial score (nSPS) is 11.9. The van der Waals surface area contributed by atoms with Gasteiger partial charge in [0, 0.05) is 11.1 Å². The fourth-order valence-corrected chi connectivity index (χ4v) is 3.25. The topological polar surface area (TPSA) is 63.6 Å². The quantitative estimate of drug-likeness (QED) is 0.387. The maximum absolute atomic E-state index is 12.4. The minimum atomic E-state index is -2.84. The molecule has 0 heterocycles.